The third-order valence-corrected chi connectivity index (χ3v) is 25.5. The zero-order valence-electron chi connectivity index (χ0n) is 29.6. The molecule has 1 unspecified atom stereocenters. The Bertz CT molecular complexity index is 1730. The summed E-state index contributed by atoms with van der Waals surface area (Å²) in [4.78, 5) is 0. The van der Waals surface area contributed by atoms with Gasteiger partial charge in [0.1, 0.15) is 0 Å². The Kier molecular flexibility index (Phi) is 9.75. The molecule has 5 rings (SSSR count). The van der Waals surface area contributed by atoms with E-state index < -0.39 is 18.3 Å². The molecule has 3 aromatic carbocycles. The van der Waals surface area contributed by atoms with E-state index >= 15 is 0 Å². The fraction of sp³-hybridized carbons (Fsp3) is 0.439. The summed E-state index contributed by atoms with van der Waals surface area (Å²) in [5.74, 6) is 0.374. The van der Waals surface area contributed by atoms with Crippen LogP contribution in [0.5, 0.6) is 0 Å². The fourth-order valence-corrected chi connectivity index (χ4v) is 23.0. The molecule has 2 aliphatic carbocycles. The number of fused-ring (bicyclic) bond motifs is 3. The van der Waals surface area contributed by atoms with Crippen LogP contribution in [0.4, 0.5) is 0 Å². The summed E-state index contributed by atoms with van der Waals surface area (Å²) in [7, 11) is 0. The average molecular weight is 711 g/mol. The molecule has 0 amide bonds. The Hall–Kier alpha value is -1.53. The van der Waals surface area contributed by atoms with Gasteiger partial charge in [0.25, 0.3) is 0 Å². The van der Waals surface area contributed by atoms with Gasteiger partial charge in [-0.15, -0.1) is 24.8 Å². The standard InChI is InChI=1S/C21H25.C11H17.C7H7.CH3.CH2.2ClH.Zr/c1-20(2,3)16-9-7-14-11-15-8-10-17(21(4,5)6)13-19(15)18(14)12-16;1-8-6-9(2)10(7-8)11(3,4)5;1-7-5-3-2-4-6-7;;;;;/h7,9-10,12-13H,11H2,1-6H3;7-8H,1-5H3;3-6H,1H3;1H3;1H2;2*1H;. The van der Waals surface area contributed by atoms with Crippen molar-refractivity contribution in [2.75, 3.05) is 0 Å². The van der Waals surface area contributed by atoms with E-state index in [4.69, 9.17) is 4.21 Å². The first-order chi connectivity index (χ1) is 19.1. The second-order valence-corrected chi connectivity index (χ2v) is 31.1. The summed E-state index contributed by atoms with van der Waals surface area (Å²) >= 11 is -4.43. The molecule has 0 heterocycles. The predicted molar refractivity (Wildman–Crippen MR) is 199 cm³/mol. The molecule has 0 bridgehead atoms. The number of rotatable bonds is 3. The molecule has 0 radical (unpaired) electrons. The molecule has 0 saturated heterocycles. The average Bonchev–Trinajstić information content (AvgIpc) is 3.39. The zero-order chi connectivity index (χ0) is 31.2. The summed E-state index contributed by atoms with van der Waals surface area (Å²) in [5.41, 5.74) is 13.3. The van der Waals surface area contributed by atoms with E-state index in [0.29, 0.717) is 5.92 Å². The predicted octanol–water partition coefficient (Wildman–Crippen LogP) is 11.0. The van der Waals surface area contributed by atoms with Crippen LogP contribution in [-0.2, 0) is 35.5 Å². The molecule has 1 atom stereocenters. The first kappa shape index (κ1) is 36.9. The van der Waals surface area contributed by atoms with E-state index in [1.54, 1.807) is 6.55 Å². The van der Waals surface area contributed by atoms with Crippen molar-refractivity contribution in [3.63, 3.8) is 0 Å². The molecule has 0 spiro atoms. The van der Waals surface area contributed by atoms with Crippen LogP contribution in [-0.4, -0.2) is 4.21 Å². The number of halogens is 2. The van der Waals surface area contributed by atoms with E-state index in [1.165, 1.54) is 53.4 Å². The molecule has 44 heavy (non-hydrogen) atoms. The van der Waals surface area contributed by atoms with Crippen LogP contribution in [0, 0.1) is 18.3 Å². The summed E-state index contributed by atoms with van der Waals surface area (Å²) in [5, 5.41) is 0. The topological polar surface area (TPSA) is 0 Å². The summed E-state index contributed by atoms with van der Waals surface area (Å²) in [6.45, 7) is 28.3. The van der Waals surface area contributed by atoms with Crippen molar-refractivity contribution in [3.05, 3.63) is 103 Å². The first-order valence-electron chi connectivity index (χ1n) is 16.0. The molecular formula is C41H56Cl2Zr. The molecule has 238 valence electrons. The van der Waals surface area contributed by atoms with Gasteiger partial charge < -0.3 is 0 Å². The number of allylic oxidation sites excluding steroid dienone is 4. The van der Waals surface area contributed by atoms with Gasteiger partial charge in [-0.2, -0.15) is 0 Å². The third kappa shape index (κ3) is 5.89. The van der Waals surface area contributed by atoms with Gasteiger partial charge in [-0.3, -0.25) is 0 Å². The maximum absolute atomic E-state index is 5.61. The van der Waals surface area contributed by atoms with Gasteiger partial charge >= 0.3 is 259 Å². The van der Waals surface area contributed by atoms with Crippen LogP contribution in [0.25, 0.3) is 11.1 Å². The maximum atomic E-state index is 5.61. The van der Waals surface area contributed by atoms with Crippen LogP contribution in [0.1, 0.15) is 104 Å². The Morgan fingerprint density at radius 2 is 1.25 bits per heavy atom. The Morgan fingerprint density at radius 3 is 1.75 bits per heavy atom. The second-order valence-electron chi connectivity index (χ2n) is 17.1. The number of hydrogen-bond donors (Lipinski definition) is 0. The molecule has 0 aliphatic heterocycles. The van der Waals surface area contributed by atoms with Crippen LogP contribution < -0.4 is 6.54 Å². The van der Waals surface area contributed by atoms with Crippen LogP contribution >= 0.6 is 24.8 Å². The van der Waals surface area contributed by atoms with Gasteiger partial charge in [-0.25, -0.2) is 0 Å². The van der Waals surface area contributed by atoms with Gasteiger partial charge in [-0.1, -0.05) is 0 Å². The third-order valence-electron chi connectivity index (χ3n) is 10.5. The second kappa shape index (κ2) is 11.6. The van der Waals surface area contributed by atoms with Gasteiger partial charge in [0.15, 0.2) is 0 Å². The van der Waals surface area contributed by atoms with E-state index in [1.807, 2.05) is 0 Å². The molecular weight excluding hydrogens is 655 g/mol. The van der Waals surface area contributed by atoms with Gasteiger partial charge in [0, 0.05) is 0 Å². The number of benzene rings is 3. The minimum atomic E-state index is -4.43. The van der Waals surface area contributed by atoms with Crippen LogP contribution in [0.2, 0.25) is 4.63 Å². The van der Waals surface area contributed by atoms with E-state index in [-0.39, 0.29) is 41.1 Å². The molecule has 3 aromatic rings. The SMILES string of the molecule is Cl.Cl.[CH2]=[Zr]([CH3])([C]1=C(C)C(C(C)(C)C)=CC1C)([c]1ccc(C)cc1)[c]1cc(C(C)(C)C)cc2c1Cc1ccc(C(C)(C)C)cc1-2. The zero-order valence-corrected chi connectivity index (χ0v) is 33.7. The van der Waals surface area contributed by atoms with E-state index in [9.17, 15) is 0 Å². The van der Waals surface area contributed by atoms with Crippen molar-refractivity contribution in [2.45, 2.75) is 105 Å². The van der Waals surface area contributed by atoms with Crippen LogP contribution in [0.15, 0.2) is 75.1 Å². The van der Waals surface area contributed by atoms with Crippen molar-refractivity contribution in [3.8, 4) is 11.1 Å². The molecule has 2 aliphatic rings. The molecule has 0 saturated carbocycles. The molecule has 0 fully saturated rings. The van der Waals surface area contributed by atoms with Crippen molar-refractivity contribution in [1.82, 2.24) is 0 Å². The Morgan fingerprint density at radius 1 is 0.705 bits per heavy atom. The monoisotopic (exact) mass is 708 g/mol. The molecule has 0 nitrogen and oxygen atoms in total. The number of hydrogen-bond acceptors (Lipinski definition) is 0. The Labute approximate surface area is 282 Å². The van der Waals surface area contributed by atoms with E-state index in [2.05, 4.69) is 148 Å². The van der Waals surface area contributed by atoms with Crippen molar-refractivity contribution >= 4 is 35.6 Å². The summed E-state index contributed by atoms with van der Waals surface area (Å²) in [6, 6.07) is 21.9. The summed E-state index contributed by atoms with van der Waals surface area (Å²) in [6.07, 6.45) is 3.56. The fourth-order valence-electron chi connectivity index (χ4n) is 8.12. The molecule has 3 heteroatoms. The summed E-state index contributed by atoms with van der Waals surface area (Å²) < 4.78 is 12.9. The van der Waals surface area contributed by atoms with Crippen molar-refractivity contribution < 1.29 is 18.3 Å². The minimum absolute atomic E-state index is 0. The Balaban J connectivity index is 0.00000264. The first-order valence-corrected chi connectivity index (χ1v) is 23.9. The van der Waals surface area contributed by atoms with Gasteiger partial charge in [0.05, 0.1) is 0 Å². The number of aryl methyl sites for hydroxylation is 1. The van der Waals surface area contributed by atoms with Crippen LogP contribution in [0.3, 0.4) is 0 Å². The molecule has 0 aromatic heterocycles. The quantitative estimate of drug-likeness (QED) is 0.199. The van der Waals surface area contributed by atoms with E-state index in [0.717, 1.165) is 6.42 Å². The van der Waals surface area contributed by atoms with Crippen molar-refractivity contribution in [1.29, 1.82) is 0 Å². The van der Waals surface area contributed by atoms with Gasteiger partial charge in [0.2, 0.25) is 0 Å². The van der Waals surface area contributed by atoms with Crippen molar-refractivity contribution in [2.24, 2.45) is 11.3 Å². The normalized spacial score (nSPS) is 17.0. The van der Waals surface area contributed by atoms with Gasteiger partial charge in [-0.05, 0) is 0 Å². The molecule has 0 N–H and O–H groups in total.